The van der Waals surface area contributed by atoms with Gasteiger partial charge < -0.3 is 10.6 Å². The number of nitrogens with one attached hydrogen (secondary N) is 2. The number of amides is 1. The normalized spacial score (nSPS) is 13.3. The monoisotopic (exact) mass is 481 g/mol. The predicted octanol–water partition coefficient (Wildman–Crippen LogP) is 4.55. The summed E-state index contributed by atoms with van der Waals surface area (Å²) >= 11 is 12.0. The van der Waals surface area contributed by atoms with Crippen LogP contribution in [0, 0.1) is 6.92 Å². The van der Waals surface area contributed by atoms with Crippen molar-refractivity contribution in [1.82, 2.24) is 30.0 Å². The molecule has 0 atom stereocenters. The Morgan fingerprint density at radius 3 is 2.76 bits per heavy atom. The summed E-state index contributed by atoms with van der Waals surface area (Å²) in [6.45, 7) is 2.72. The number of rotatable bonds is 7. The van der Waals surface area contributed by atoms with E-state index < -0.39 is 0 Å². The van der Waals surface area contributed by atoms with E-state index in [1.807, 2.05) is 31.2 Å². The summed E-state index contributed by atoms with van der Waals surface area (Å²) in [5, 5.41) is 12.4. The Labute approximate surface area is 200 Å². The summed E-state index contributed by atoms with van der Waals surface area (Å²) in [5.41, 5.74) is 2.87. The fraction of sp³-hybridized carbons (Fsp3) is 0.261. The van der Waals surface area contributed by atoms with Crippen LogP contribution in [0.1, 0.15) is 40.5 Å². The fourth-order valence-corrected chi connectivity index (χ4v) is 4.16. The van der Waals surface area contributed by atoms with Gasteiger partial charge in [-0.2, -0.15) is 9.78 Å². The molecule has 1 aliphatic rings. The number of nitrogens with zero attached hydrogens (tertiary/aromatic N) is 5. The van der Waals surface area contributed by atoms with Crippen molar-refractivity contribution in [2.24, 2.45) is 0 Å². The predicted molar refractivity (Wildman–Crippen MR) is 128 cm³/mol. The molecule has 0 radical (unpaired) electrons. The Morgan fingerprint density at radius 2 is 2.03 bits per heavy atom. The minimum Gasteiger partial charge on any atom is -0.367 e. The van der Waals surface area contributed by atoms with Crippen LogP contribution in [0.5, 0.6) is 0 Å². The van der Waals surface area contributed by atoms with Gasteiger partial charge in [0.15, 0.2) is 11.5 Å². The number of halogens is 2. The Balaban J connectivity index is 1.40. The second kappa shape index (κ2) is 8.96. The van der Waals surface area contributed by atoms with Crippen molar-refractivity contribution in [3.63, 3.8) is 0 Å². The molecule has 4 aromatic rings. The van der Waals surface area contributed by atoms with Crippen LogP contribution in [0.2, 0.25) is 10.0 Å². The van der Waals surface area contributed by atoms with Gasteiger partial charge in [-0.25, -0.2) is 15.0 Å². The van der Waals surface area contributed by atoms with E-state index in [1.165, 1.54) is 6.20 Å². The van der Waals surface area contributed by atoms with Gasteiger partial charge in [0.05, 0.1) is 26.7 Å². The van der Waals surface area contributed by atoms with Gasteiger partial charge in [0.1, 0.15) is 5.82 Å². The van der Waals surface area contributed by atoms with Crippen molar-refractivity contribution in [1.29, 1.82) is 0 Å². The third kappa shape index (κ3) is 4.49. The van der Waals surface area contributed by atoms with Crippen LogP contribution in [0.15, 0.2) is 42.7 Å². The lowest BCUT2D eigenvalue weighted by atomic mass is 10.1. The van der Waals surface area contributed by atoms with Crippen LogP contribution in [0.25, 0.3) is 16.9 Å². The standard InChI is InChI=1S/C23H21Cl2N7O/c1-13-20-16(23(33)28-9-8-27-21-17(25)10-15(24)12-29-21)11-18(14-5-6-14)30-22(20)32(31-13)19-4-2-3-7-26-19/h2-4,7,10-12,14H,5-6,8-9H2,1H3,(H,27,29)(H,28,33). The number of pyridine rings is 3. The van der Waals surface area contributed by atoms with Gasteiger partial charge in [0.2, 0.25) is 0 Å². The number of aromatic nitrogens is 5. The molecule has 5 rings (SSSR count). The molecule has 0 unspecified atom stereocenters. The van der Waals surface area contributed by atoms with E-state index in [9.17, 15) is 4.79 Å². The molecule has 10 heteroatoms. The molecular weight excluding hydrogens is 461 g/mol. The average molecular weight is 482 g/mol. The number of fused-ring (bicyclic) bond motifs is 1. The summed E-state index contributed by atoms with van der Waals surface area (Å²) in [4.78, 5) is 26.6. The molecule has 0 bridgehead atoms. The average Bonchev–Trinajstić information content (AvgIpc) is 3.61. The molecule has 1 saturated carbocycles. The lowest BCUT2D eigenvalue weighted by molar-refractivity contribution is 0.0956. The van der Waals surface area contributed by atoms with Crippen molar-refractivity contribution in [3.05, 3.63) is 69.7 Å². The third-order valence-corrected chi connectivity index (χ3v) is 5.94. The van der Waals surface area contributed by atoms with Gasteiger partial charge in [-0.15, -0.1) is 0 Å². The SMILES string of the molecule is Cc1nn(-c2ccccn2)c2nc(C3CC3)cc(C(=O)NCCNc3ncc(Cl)cc3Cl)c12. The van der Waals surface area contributed by atoms with Gasteiger partial charge in [0, 0.05) is 37.1 Å². The second-order valence-electron chi connectivity index (χ2n) is 7.92. The first kappa shape index (κ1) is 21.6. The summed E-state index contributed by atoms with van der Waals surface area (Å²) in [6.07, 6.45) is 5.39. The van der Waals surface area contributed by atoms with Crippen molar-refractivity contribution >= 4 is 46.0 Å². The van der Waals surface area contributed by atoms with E-state index in [4.69, 9.17) is 28.2 Å². The Bertz CT molecular complexity index is 1340. The Kier molecular flexibility index (Phi) is 5.86. The molecule has 0 aromatic carbocycles. The van der Waals surface area contributed by atoms with Crippen molar-refractivity contribution in [2.75, 3.05) is 18.4 Å². The van der Waals surface area contributed by atoms with Crippen LogP contribution >= 0.6 is 23.2 Å². The minimum absolute atomic E-state index is 0.176. The largest absolute Gasteiger partial charge is 0.367 e. The van der Waals surface area contributed by atoms with E-state index in [0.717, 1.165) is 29.6 Å². The van der Waals surface area contributed by atoms with Crippen LogP contribution in [-0.4, -0.2) is 43.7 Å². The highest BCUT2D eigenvalue weighted by Gasteiger charge is 2.29. The molecular formula is C23H21Cl2N7O. The Hall–Kier alpha value is -3.23. The molecule has 1 fully saturated rings. The zero-order valence-corrected chi connectivity index (χ0v) is 19.4. The lowest BCUT2D eigenvalue weighted by Gasteiger charge is -2.11. The van der Waals surface area contributed by atoms with E-state index >= 15 is 0 Å². The number of aryl methyl sites for hydroxylation is 1. The molecule has 0 saturated heterocycles. The molecule has 168 valence electrons. The van der Waals surface area contributed by atoms with Crippen LogP contribution in [0.3, 0.4) is 0 Å². The molecule has 0 aliphatic heterocycles. The maximum absolute atomic E-state index is 13.2. The van der Waals surface area contributed by atoms with Crippen LogP contribution in [0.4, 0.5) is 5.82 Å². The topological polar surface area (TPSA) is 97.6 Å². The van der Waals surface area contributed by atoms with Gasteiger partial charge in [-0.3, -0.25) is 4.79 Å². The number of hydrogen-bond donors (Lipinski definition) is 2. The van der Waals surface area contributed by atoms with E-state index in [1.54, 1.807) is 16.9 Å². The molecule has 1 amide bonds. The van der Waals surface area contributed by atoms with Crippen molar-refractivity contribution in [3.8, 4) is 5.82 Å². The molecule has 2 N–H and O–H groups in total. The summed E-state index contributed by atoms with van der Waals surface area (Å²) in [7, 11) is 0. The molecule has 33 heavy (non-hydrogen) atoms. The van der Waals surface area contributed by atoms with Crippen LogP contribution in [-0.2, 0) is 0 Å². The van der Waals surface area contributed by atoms with Gasteiger partial charge in [0.25, 0.3) is 5.91 Å². The van der Waals surface area contributed by atoms with E-state index in [2.05, 4.69) is 25.7 Å². The molecule has 4 aromatic heterocycles. The Morgan fingerprint density at radius 1 is 1.18 bits per heavy atom. The first-order chi connectivity index (χ1) is 16.0. The third-order valence-electron chi connectivity index (χ3n) is 5.45. The number of hydrogen-bond acceptors (Lipinski definition) is 6. The highest BCUT2D eigenvalue weighted by Crippen LogP contribution is 2.40. The van der Waals surface area contributed by atoms with E-state index in [-0.39, 0.29) is 5.91 Å². The first-order valence-corrected chi connectivity index (χ1v) is 11.4. The highest BCUT2D eigenvalue weighted by molar-refractivity contribution is 6.35. The van der Waals surface area contributed by atoms with Crippen molar-refractivity contribution < 1.29 is 4.79 Å². The minimum atomic E-state index is -0.176. The molecule has 8 nitrogen and oxygen atoms in total. The van der Waals surface area contributed by atoms with Gasteiger partial charge in [-0.05, 0) is 44.0 Å². The van der Waals surface area contributed by atoms with Crippen molar-refractivity contribution in [2.45, 2.75) is 25.7 Å². The quantitative estimate of drug-likeness (QED) is 0.376. The first-order valence-electron chi connectivity index (χ1n) is 10.7. The van der Waals surface area contributed by atoms with Gasteiger partial charge in [-0.1, -0.05) is 29.3 Å². The van der Waals surface area contributed by atoms with Gasteiger partial charge >= 0.3 is 0 Å². The number of carbonyl (C=O) groups excluding carboxylic acids is 1. The summed E-state index contributed by atoms with van der Waals surface area (Å²) in [6, 6.07) is 9.14. The zero-order valence-electron chi connectivity index (χ0n) is 17.8. The molecule has 0 spiro atoms. The summed E-state index contributed by atoms with van der Waals surface area (Å²) < 4.78 is 1.71. The zero-order chi connectivity index (χ0) is 22.9. The van der Waals surface area contributed by atoms with Crippen LogP contribution < -0.4 is 10.6 Å². The highest BCUT2D eigenvalue weighted by atomic mass is 35.5. The number of anilines is 1. The summed E-state index contributed by atoms with van der Waals surface area (Å²) in [5.74, 6) is 1.39. The smallest absolute Gasteiger partial charge is 0.252 e. The second-order valence-corrected chi connectivity index (χ2v) is 8.76. The number of carbonyl (C=O) groups is 1. The maximum atomic E-state index is 13.2. The lowest BCUT2D eigenvalue weighted by Crippen LogP contribution is -2.29. The maximum Gasteiger partial charge on any atom is 0.252 e. The molecule has 4 heterocycles. The molecule has 1 aliphatic carbocycles. The fourth-order valence-electron chi connectivity index (χ4n) is 3.71. The van der Waals surface area contributed by atoms with E-state index in [0.29, 0.717) is 51.9 Å².